The maximum atomic E-state index is 11.4. The number of carboxylic acids is 1. The predicted molar refractivity (Wildman–Crippen MR) is 84.2 cm³/mol. The summed E-state index contributed by atoms with van der Waals surface area (Å²) < 4.78 is 0. The lowest BCUT2D eigenvalue weighted by Crippen LogP contribution is -2.47. The first-order valence-electron chi connectivity index (χ1n) is 7.34. The highest BCUT2D eigenvalue weighted by molar-refractivity contribution is 6.34. The van der Waals surface area contributed by atoms with Crippen LogP contribution in [-0.4, -0.2) is 48.7 Å². The van der Waals surface area contributed by atoms with Crippen LogP contribution in [0.5, 0.6) is 0 Å². The van der Waals surface area contributed by atoms with Gasteiger partial charge >= 0.3 is 5.97 Å². The average Bonchev–Trinajstić information content (AvgIpc) is 3.23. The third kappa shape index (κ3) is 3.24. The molecule has 0 atom stereocenters. The number of halogens is 1. The van der Waals surface area contributed by atoms with Crippen molar-refractivity contribution in [1.29, 1.82) is 0 Å². The standard InChI is InChI=1S/C15H20ClN3O2/c16-13-8-11(17)7-12(15(20)21)14(13)19-5-3-18(4-6-19)9-10-1-2-10/h7-8,10H,1-6,9,17H2,(H,20,21). The Morgan fingerprint density at radius 1 is 1.29 bits per heavy atom. The van der Waals surface area contributed by atoms with Crippen LogP contribution in [-0.2, 0) is 0 Å². The van der Waals surface area contributed by atoms with Crippen LogP contribution in [0.25, 0.3) is 0 Å². The van der Waals surface area contributed by atoms with Crippen molar-refractivity contribution >= 4 is 28.9 Å². The summed E-state index contributed by atoms with van der Waals surface area (Å²) in [6, 6.07) is 3.11. The van der Waals surface area contributed by atoms with Gasteiger partial charge in [0.2, 0.25) is 0 Å². The number of carbonyl (C=O) groups is 1. The molecule has 1 aliphatic heterocycles. The molecule has 1 aromatic rings. The van der Waals surface area contributed by atoms with E-state index in [0.717, 1.165) is 32.1 Å². The van der Waals surface area contributed by atoms with E-state index in [-0.39, 0.29) is 5.56 Å². The van der Waals surface area contributed by atoms with Crippen LogP contribution in [0.2, 0.25) is 5.02 Å². The Morgan fingerprint density at radius 2 is 1.95 bits per heavy atom. The maximum absolute atomic E-state index is 11.4. The molecule has 0 aromatic heterocycles. The van der Waals surface area contributed by atoms with Crippen LogP contribution < -0.4 is 10.6 Å². The topological polar surface area (TPSA) is 69.8 Å². The lowest BCUT2D eigenvalue weighted by molar-refractivity contribution is 0.0697. The molecule has 1 aliphatic carbocycles. The quantitative estimate of drug-likeness (QED) is 0.834. The van der Waals surface area contributed by atoms with Gasteiger partial charge in [-0.25, -0.2) is 4.79 Å². The van der Waals surface area contributed by atoms with Gasteiger partial charge in [-0.05, 0) is 30.9 Å². The summed E-state index contributed by atoms with van der Waals surface area (Å²) >= 11 is 6.24. The minimum Gasteiger partial charge on any atom is -0.478 e. The number of piperazine rings is 1. The summed E-state index contributed by atoms with van der Waals surface area (Å²) in [5.41, 5.74) is 6.88. The zero-order valence-corrected chi connectivity index (χ0v) is 12.6. The molecule has 1 saturated heterocycles. The number of hydrogen-bond donors (Lipinski definition) is 2. The zero-order chi connectivity index (χ0) is 15.0. The molecule has 1 heterocycles. The summed E-state index contributed by atoms with van der Waals surface area (Å²) in [4.78, 5) is 16.0. The van der Waals surface area contributed by atoms with E-state index in [0.29, 0.717) is 16.4 Å². The molecule has 1 aromatic carbocycles. The normalized spacial score (nSPS) is 19.8. The molecule has 0 radical (unpaired) electrons. The average molecular weight is 310 g/mol. The van der Waals surface area contributed by atoms with Gasteiger partial charge in [0.1, 0.15) is 0 Å². The first-order chi connectivity index (χ1) is 10.0. The second-order valence-electron chi connectivity index (χ2n) is 5.94. The van der Waals surface area contributed by atoms with E-state index in [9.17, 15) is 9.90 Å². The Morgan fingerprint density at radius 3 is 2.52 bits per heavy atom. The van der Waals surface area contributed by atoms with Crippen LogP contribution in [0.15, 0.2) is 12.1 Å². The molecule has 5 nitrogen and oxygen atoms in total. The van der Waals surface area contributed by atoms with Crippen molar-refractivity contribution in [3.8, 4) is 0 Å². The van der Waals surface area contributed by atoms with Gasteiger partial charge in [0, 0.05) is 38.4 Å². The molecule has 21 heavy (non-hydrogen) atoms. The second kappa shape index (κ2) is 5.73. The van der Waals surface area contributed by atoms with Gasteiger partial charge in [-0.2, -0.15) is 0 Å². The minimum atomic E-state index is -0.986. The Hall–Kier alpha value is -1.46. The van der Waals surface area contributed by atoms with E-state index in [1.54, 1.807) is 6.07 Å². The Labute approximate surface area is 129 Å². The van der Waals surface area contributed by atoms with Gasteiger partial charge in [-0.3, -0.25) is 4.90 Å². The first kappa shape index (κ1) is 14.5. The molecule has 2 fully saturated rings. The Balaban J connectivity index is 1.76. The number of aromatic carboxylic acids is 1. The van der Waals surface area contributed by atoms with Crippen LogP contribution in [0.1, 0.15) is 23.2 Å². The van der Waals surface area contributed by atoms with Gasteiger partial charge in [0.25, 0.3) is 0 Å². The van der Waals surface area contributed by atoms with Crippen molar-refractivity contribution < 1.29 is 9.90 Å². The molecule has 0 unspecified atom stereocenters. The first-order valence-corrected chi connectivity index (χ1v) is 7.72. The number of anilines is 2. The van der Waals surface area contributed by atoms with E-state index in [1.807, 2.05) is 0 Å². The van der Waals surface area contributed by atoms with Crippen molar-refractivity contribution in [2.45, 2.75) is 12.8 Å². The molecule has 3 rings (SSSR count). The maximum Gasteiger partial charge on any atom is 0.337 e. The number of rotatable bonds is 4. The number of nitrogens with zero attached hydrogens (tertiary/aromatic N) is 2. The third-order valence-corrected chi connectivity index (χ3v) is 4.51. The van der Waals surface area contributed by atoms with Crippen molar-refractivity contribution in [3.63, 3.8) is 0 Å². The van der Waals surface area contributed by atoms with Gasteiger partial charge in [-0.1, -0.05) is 11.6 Å². The molecule has 6 heteroatoms. The summed E-state index contributed by atoms with van der Waals surface area (Å²) in [5, 5.41) is 9.79. The van der Waals surface area contributed by atoms with Crippen LogP contribution in [0, 0.1) is 5.92 Å². The van der Waals surface area contributed by atoms with Crippen molar-refractivity contribution in [2.24, 2.45) is 5.92 Å². The van der Waals surface area contributed by atoms with Crippen LogP contribution >= 0.6 is 11.6 Å². The van der Waals surface area contributed by atoms with Gasteiger partial charge in [-0.15, -0.1) is 0 Å². The summed E-state index contributed by atoms with van der Waals surface area (Å²) in [6.07, 6.45) is 2.71. The molecular weight excluding hydrogens is 290 g/mol. The molecule has 114 valence electrons. The number of nitrogen functional groups attached to an aromatic ring is 1. The monoisotopic (exact) mass is 309 g/mol. The molecule has 3 N–H and O–H groups in total. The molecule has 0 spiro atoms. The van der Waals surface area contributed by atoms with E-state index >= 15 is 0 Å². The lowest BCUT2D eigenvalue weighted by Gasteiger charge is -2.37. The number of carboxylic acid groups (broad SMARTS) is 1. The van der Waals surface area contributed by atoms with E-state index in [2.05, 4.69) is 9.80 Å². The highest BCUT2D eigenvalue weighted by Crippen LogP contribution is 2.34. The zero-order valence-electron chi connectivity index (χ0n) is 11.9. The molecular formula is C15H20ClN3O2. The van der Waals surface area contributed by atoms with Gasteiger partial charge < -0.3 is 15.7 Å². The van der Waals surface area contributed by atoms with E-state index in [4.69, 9.17) is 17.3 Å². The summed E-state index contributed by atoms with van der Waals surface area (Å²) in [6.45, 7) is 4.69. The molecule has 0 amide bonds. The van der Waals surface area contributed by atoms with Crippen LogP contribution in [0.4, 0.5) is 11.4 Å². The van der Waals surface area contributed by atoms with Crippen molar-refractivity contribution in [1.82, 2.24) is 4.90 Å². The van der Waals surface area contributed by atoms with Gasteiger partial charge in [0.05, 0.1) is 16.3 Å². The van der Waals surface area contributed by atoms with Crippen LogP contribution in [0.3, 0.4) is 0 Å². The largest absolute Gasteiger partial charge is 0.478 e. The minimum absolute atomic E-state index is 0.190. The number of benzene rings is 1. The number of hydrogen-bond acceptors (Lipinski definition) is 4. The summed E-state index contributed by atoms with van der Waals surface area (Å²) in [5.74, 6) is -0.106. The van der Waals surface area contributed by atoms with Gasteiger partial charge in [0.15, 0.2) is 0 Å². The second-order valence-corrected chi connectivity index (χ2v) is 6.34. The highest BCUT2D eigenvalue weighted by atomic mass is 35.5. The Bertz CT molecular complexity index is 552. The van der Waals surface area contributed by atoms with Crippen molar-refractivity contribution in [3.05, 3.63) is 22.7 Å². The molecule has 0 bridgehead atoms. The van der Waals surface area contributed by atoms with Crippen molar-refractivity contribution in [2.75, 3.05) is 43.4 Å². The smallest absolute Gasteiger partial charge is 0.337 e. The van der Waals surface area contributed by atoms with E-state index < -0.39 is 5.97 Å². The predicted octanol–water partition coefficient (Wildman–Crippen LogP) is 2.15. The third-order valence-electron chi connectivity index (χ3n) is 4.22. The molecule has 1 saturated carbocycles. The fraction of sp³-hybridized carbons (Fsp3) is 0.533. The Kier molecular flexibility index (Phi) is 3.95. The lowest BCUT2D eigenvalue weighted by atomic mass is 10.1. The fourth-order valence-electron chi connectivity index (χ4n) is 2.92. The molecule has 2 aliphatic rings. The fourth-order valence-corrected chi connectivity index (χ4v) is 3.27. The van der Waals surface area contributed by atoms with E-state index in [1.165, 1.54) is 25.5 Å². The SMILES string of the molecule is Nc1cc(Cl)c(N2CCN(CC3CC3)CC2)c(C(=O)O)c1. The number of nitrogens with two attached hydrogens (primary N) is 1. The highest BCUT2D eigenvalue weighted by Gasteiger charge is 2.28. The summed E-state index contributed by atoms with van der Waals surface area (Å²) in [7, 11) is 0.